The zero-order chi connectivity index (χ0) is 15.1. The third kappa shape index (κ3) is 7.57. The van der Waals surface area contributed by atoms with Gasteiger partial charge in [0.05, 0.1) is 5.57 Å². The summed E-state index contributed by atoms with van der Waals surface area (Å²) < 4.78 is 39.4. The predicted molar refractivity (Wildman–Crippen MR) is 75.4 cm³/mol. The van der Waals surface area contributed by atoms with Crippen LogP contribution in [0.15, 0.2) is 21.5 Å². The molecule has 0 heterocycles. The van der Waals surface area contributed by atoms with Crippen molar-refractivity contribution in [1.29, 1.82) is 0 Å². The van der Waals surface area contributed by atoms with Crippen LogP contribution >= 0.6 is 23.5 Å². The van der Waals surface area contributed by atoms with Crippen LogP contribution in [0, 0.1) is 0 Å². The number of carboxylic acids is 1. The standard InChI is InChI=1S/C12H17F3O2S2/c1-4-18-11(19-5-2)9(12(13,14)15)6-8(3)7-10(16)17/h7H,4-6H2,1-3H3,(H,16,17)/b8-7+. The van der Waals surface area contributed by atoms with Gasteiger partial charge in [-0.15, -0.1) is 23.5 Å². The zero-order valence-electron chi connectivity index (χ0n) is 11.0. The minimum atomic E-state index is -4.44. The van der Waals surface area contributed by atoms with E-state index in [0.29, 0.717) is 11.5 Å². The molecule has 0 aliphatic rings. The Morgan fingerprint density at radius 2 is 1.68 bits per heavy atom. The molecule has 0 aromatic rings. The maximum Gasteiger partial charge on any atom is 0.414 e. The highest BCUT2D eigenvalue weighted by molar-refractivity contribution is 8.22. The molecule has 0 atom stereocenters. The molecule has 110 valence electrons. The summed E-state index contributed by atoms with van der Waals surface area (Å²) in [5.74, 6) is -0.139. The Kier molecular flexibility index (Phi) is 8.33. The first kappa shape index (κ1) is 18.4. The number of alkyl halides is 3. The summed E-state index contributed by atoms with van der Waals surface area (Å²) in [5, 5.41) is 8.56. The van der Waals surface area contributed by atoms with Gasteiger partial charge in [-0.3, -0.25) is 0 Å². The topological polar surface area (TPSA) is 37.3 Å². The second kappa shape index (κ2) is 8.58. The lowest BCUT2D eigenvalue weighted by Gasteiger charge is -2.17. The summed E-state index contributed by atoms with van der Waals surface area (Å²) in [6, 6.07) is 0. The molecule has 0 saturated carbocycles. The summed E-state index contributed by atoms with van der Waals surface area (Å²) in [5.41, 5.74) is -0.466. The molecule has 1 N–H and O–H groups in total. The van der Waals surface area contributed by atoms with Crippen LogP contribution in [0.25, 0.3) is 0 Å². The van der Waals surface area contributed by atoms with Gasteiger partial charge in [-0.05, 0) is 18.4 Å². The molecule has 0 bridgehead atoms. The van der Waals surface area contributed by atoms with Crippen LogP contribution in [0.1, 0.15) is 27.2 Å². The van der Waals surface area contributed by atoms with Gasteiger partial charge in [-0.25, -0.2) is 4.79 Å². The summed E-state index contributed by atoms with van der Waals surface area (Å²) in [7, 11) is 0. The highest BCUT2D eigenvalue weighted by atomic mass is 32.2. The smallest absolute Gasteiger partial charge is 0.414 e. The molecule has 0 aromatic carbocycles. The largest absolute Gasteiger partial charge is 0.478 e. The lowest BCUT2D eigenvalue weighted by Crippen LogP contribution is -2.14. The first-order valence-electron chi connectivity index (χ1n) is 5.68. The van der Waals surface area contributed by atoms with Crippen LogP contribution < -0.4 is 0 Å². The van der Waals surface area contributed by atoms with Crippen molar-refractivity contribution in [3.63, 3.8) is 0 Å². The number of hydrogen-bond acceptors (Lipinski definition) is 3. The molecule has 2 nitrogen and oxygen atoms in total. The van der Waals surface area contributed by atoms with Crippen LogP contribution in [-0.4, -0.2) is 28.8 Å². The van der Waals surface area contributed by atoms with Gasteiger partial charge >= 0.3 is 12.1 Å². The van der Waals surface area contributed by atoms with Crippen molar-refractivity contribution in [3.8, 4) is 0 Å². The van der Waals surface area contributed by atoms with E-state index < -0.39 is 17.7 Å². The maximum absolute atomic E-state index is 13.1. The monoisotopic (exact) mass is 314 g/mol. The highest BCUT2D eigenvalue weighted by Crippen LogP contribution is 2.41. The zero-order valence-corrected chi connectivity index (χ0v) is 12.6. The van der Waals surface area contributed by atoms with Crippen molar-refractivity contribution in [2.75, 3.05) is 11.5 Å². The fourth-order valence-electron chi connectivity index (χ4n) is 1.31. The molecule has 0 spiro atoms. The molecule has 0 amide bonds. The number of allylic oxidation sites excluding steroid dienone is 2. The first-order chi connectivity index (χ1) is 8.72. The van der Waals surface area contributed by atoms with Gasteiger partial charge in [0.2, 0.25) is 0 Å². The van der Waals surface area contributed by atoms with E-state index in [2.05, 4.69) is 0 Å². The van der Waals surface area contributed by atoms with Crippen molar-refractivity contribution >= 4 is 29.5 Å². The lowest BCUT2D eigenvalue weighted by molar-refractivity contribution is -0.131. The van der Waals surface area contributed by atoms with Gasteiger partial charge in [0.25, 0.3) is 0 Å². The lowest BCUT2D eigenvalue weighted by atomic mass is 10.1. The number of thioether (sulfide) groups is 2. The van der Waals surface area contributed by atoms with Crippen molar-refractivity contribution in [1.82, 2.24) is 0 Å². The third-order valence-electron chi connectivity index (χ3n) is 1.96. The first-order valence-corrected chi connectivity index (χ1v) is 7.65. The average molecular weight is 314 g/mol. The Morgan fingerprint density at radius 1 is 1.21 bits per heavy atom. The Morgan fingerprint density at radius 3 is 2.00 bits per heavy atom. The molecule has 19 heavy (non-hydrogen) atoms. The summed E-state index contributed by atoms with van der Waals surface area (Å²) in [4.78, 5) is 10.5. The Balaban J connectivity index is 5.41. The molecular weight excluding hydrogens is 297 g/mol. The van der Waals surface area contributed by atoms with E-state index in [1.165, 1.54) is 6.92 Å². The Hall–Kier alpha value is -0.560. The van der Waals surface area contributed by atoms with Gasteiger partial charge in [0.15, 0.2) is 0 Å². The van der Waals surface area contributed by atoms with Gasteiger partial charge in [0.1, 0.15) is 0 Å². The van der Waals surface area contributed by atoms with E-state index in [-0.39, 0.29) is 16.2 Å². The summed E-state index contributed by atoms with van der Waals surface area (Å²) in [6.07, 6.45) is -4.00. The second-order valence-corrected chi connectivity index (χ2v) is 6.44. The molecule has 0 unspecified atom stereocenters. The maximum atomic E-state index is 13.1. The molecule has 7 heteroatoms. The SMILES string of the molecule is CCSC(SCC)=C(C/C(C)=C/C(=O)O)C(F)(F)F. The van der Waals surface area contributed by atoms with E-state index in [1.807, 2.05) is 0 Å². The molecule has 0 saturated heterocycles. The van der Waals surface area contributed by atoms with E-state index in [1.54, 1.807) is 13.8 Å². The van der Waals surface area contributed by atoms with Gasteiger partial charge in [-0.1, -0.05) is 19.4 Å². The van der Waals surface area contributed by atoms with E-state index in [4.69, 9.17) is 5.11 Å². The fraction of sp³-hybridized carbons (Fsp3) is 0.583. The molecule has 0 fully saturated rings. The number of halogens is 3. The predicted octanol–water partition coefficient (Wildman–Crippen LogP) is 4.69. The number of carbonyl (C=O) groups is 1. The van der Waals surface area contributed by atoms with Gasteiger partial charge in [-0.2, -0.15) is 13.2 Å². The molecular formula is C12H17F3O2S2. The second-order valence-electron chi connectivity index (χ2n) is 3.64. The number of rotatable bonds is 7. The van der Waals surface area contributed by atoms with Crippen molar-refractivity contribution in [3.05, 3.63) is 21.5 Å². The van der Waals surface area contributed by atoms with E-state index in [9.17, 15) is 18.0 Å². The fourth-order valence-corrected chi connectivity index (χ4v) is 3.60. The van der Waals surface area contributed by atoms with Crippen LogP contribution in [0.2, 0.25) is 0 Å². The Labute approximate surface area is 119 Å². The van der Waals surface area contributed by atoms with Crippen LogP contribution in [0.4, 0.5) is 13.2 Å². The van der Waals surface area contributed by atoms with Gasteiger partial charge < -0.3 is 5.11 Å². The van der Waals surface area contributed by atoms with Crippen molar-refractivity contribution < 1.29 is 23.1 Å². The van der Waals surface area contributed by atoms with Crippen molar-refractivity contribution in [2.45, 2.75) is 33.4 Å². The number of hydrogen-bond donors (Lipinski definition) is 1. The average Bonchev–Trinajstić information content (AvgIpc) is 2.23. The highest BCUT2D eigenvalue weighted by Gasteiger charge is 2.36. The minimum Gasteiger partial charge on any atom is -0.478 e. The van der Waals surface area contributed by atoms with E-state index >= 15 is 0 Å². The third-order valence-corrected chi connectivity index (χ3v) is 4.27. The van der Waals surface area contributed by atoms with Gasteiger partial charge in [0, 0.05) is 16.7 Å². The van der Waals surface area contributed by atoms with Crippen LogP contribution in [0.5, 0.6) is 0 Å². The van der Waals surface area contributed by atoms with E-state index in [0.717, 1.165) is 29.6 Å². The van der Waals surface area contributed by atoms with Crippen molar-refractivity contribution in [2.24, 2.45) is 0 Å². The Bertz CT molecular complexity index is 366. The number of carboxylic acid groups (broad SMARTS) is 1. The number of aliphatic carboxylic acids is 1. The summed E-state index contributed by atoms with van der Waals surface area (Å²) >= 11 is 2.29. The quantitative estimate of drug-likeness (QED) is 0.692. The van der Waals surface area contributed by atoms with Crippen LogP contribution in [0.3, 0.4) is 0 Å². The molecule has 0 rings (SSSR count). The summed E-state index contributed by atoms with van der Waals surface area (Å²) in [6.45, 7) is 4.97. The molecule has 0 radical (unpaired) electrons. The molecule has 0 aliphatic carbocycles. The minimum absolute atomic E-state index is 0.186. The molecule has 0 aliphatic heterocycles. The van der Waals surface area contributed by atoms with Crippen LogP contribution in [-0.2, 0) is 4.79 Å². The molecule has 0 aromatic heterocycles. The normalized spacial score (nSPS) is 12.4.